The molecule has 0 saturated heterocycles. The highest BCUT2D eigenvalue weighted by atomic mass is 16.3. The van der Waals surface area contributed by atoms with Gasteiger partial charge in [-0.25, -0.2) is 4.98 Å². The molecule has 0 saturated carbocycles. The van der Waals surface area contributed by atoms with Crippen molar-refractivity contribution in [3.05, 3.63) is 59.3 Å². The zero-order valence-corrected chi connectivity index (χ0v) is 12.9. The Bertz CT molecular complexity index is 710. The molecule has 0 amide bonds. The van der Waals surface area contributed by atoms with Crippen LogP contribution < -0.4 is 5.32 Å². The summed E-state index contributed by atoms with van der Waals surface area (Å²) in [4.78, 5) is 6.40. The van der Waals surface area contributed by atoms with Crippen LogP contribution in [0.4, 0.5) is 5.82 Å². The summed E-state index contributed by atoms with van der Waals surface area (Å²) in [7, 11) is 0. The molecule has 2 aromatic rings. The number of rotatable bonds is 5. The molecule has 1 aromatic carbocycles. The van der Waals surface area contributed by atoms with Crippen molar-refractivity contribution in [2.24, 2.45) is 0 Å². The van der Waals surface area contributed by atoms with Crippen LogP contribution in [0.15, 0.2) is 42.6 Å². The van der Waals surface area contributed by atoms with Crippen LogP contribution in [0.3, 0.4) is 0 Å². The maximum atomic E-state index is 10.3. The number of anilines is 1. The summed E-state index contributed by atoms with van der Waals surface area (Å²) in [5.74, 6) is 0.526. The standard InChI is InChI=1S/C18H20N4O/c19-10-15-6-3-8-20-18(15)21-11-17(23)13-22-9-7-14-4-1-2-5-16(14)12-22/h1-6,8,17,23H,7,9,11-13H2,(H,20,21)/t17-/m0/s1. The molecule has 2 N–H and O–H groups in total. The number of aromatic nitrogens is 1. The van der Waals surface area contributed by atoms with Crippen LogP contribution in [0.1, 0.15) is 16.7 Å². The zero-order chi connectivity index (χ0) is 16.1. The lowest BCUT2D eigenvalue weighted by Gasteiger charge is -2.30. The molecule has 118 valence electrons. The first-order chi connectivity index (χ1) is 11.3. The average Bonchev–Trinajstić information content (AvgIpc) is 2.60. The summed E-state index contributed by atoms with van der Waals surface area (Å²) >= 11 is 0. The fraction of sp³-hybridized carbons (Fsp3) is 0.333. The molecule has 1 aliphatic heterocycles. The Labute approximate surface area is 136 Å². The Morgan fingerprint density at radius 1 is 1.26 bits per heavy atom. The van der Waals surface area contributed by atoms with E-state index in [0.29, 0.717) is 24.5 Å². The van der Waals surface area contributed by atoms with Gasteiger partial charge in [-0.3, -0.25) is 4.90 Å². The van der Waals surface area contributed by atoms with Gasteiger partial charge in [0.05, 0.1) is 11.7 Å². The highest BCUT2D eigenvalue weighted by Crippen LogP contribution is 2.18. The molecule has 0 aliphatic carbocycles. The lowest BCUT2D eigenvalue weighted by molar-refractivity contribution is 0.114. The predicted molar refractivity (Wildman–Crippen MR) is 88.9 cm³/mol. The van der Waals surface area contributed by atoms with Crippen molar-refractivity contribution >= 4 is 5.82 Å². The molecule has 3 rings (SSSR count). The molecule has 1 atom stereocenters. The second-order valence-corrected chi connectivity index (χ2v) is 5.80. The van der Waals surface area contributed by atoms with Crippen molar-refractivity contribution in [1.82, 2.24) is 9.88 Å². The molecule has 1 aromatic heterocycles. The number of hydrogen-bond acceptors (Lipinski definition) is 5. The minimum absolute atomic E-state index is 0.379. The fourth-order valence-corrected chi connectivity index (χ4v) is 2.92. The van der Waals surface area contributed by atoms with Gasteiger partial charge in [0.15, 0.2) is 0 Å². The first kappa shape index (κ1) is 15.5. The normalized spacial score (nSPS) is 15.5. The van der Waals surface area contributed by atoms with Gasteiger partial charge in [-0.2, -0.15) is 5.26 Å². The number of benzene rings is 1. The number of hydrogen-bond donors (Lipinski definition) is 2. The van der Waals surface area contributed by atoms with E-state index in [1.807, 2.05) is 0 Å². The number of nitrogens with one attached hydrogen (secondary N) is 1. The monoisotopic (exact) mass is 308 g/mol. The number of aliphatic hydroxyl groups excluding tert-OH is 1. The smallest absolute Gasteiger partial charge is 0.143 e. The molecule has 0 bridgehead atoms. The van der Waals surface area contributed by atoms with Crippen molar-refractivity contribution < 1.29 is 5.11 Å². The molecule has 2 heterocycles. The van der Waals surface area contributed by atoms with E-state index in [-0.39, 0.29) is 0 Å². The van der Waals surface area contributed by atoms with Crippen molar-refractivity contribution in [3.8, 4) is 6.07 Å². The van der Waals surface area contributed by atoms with Gasteiger partial charge in [-0.1, -0.05) is 24.3 Å². The van der Waals surface area contributed by atoms with Crippen LogP contribution in [0.5, 0.6) is 0 Å². The third-order valence-corrected chi connectivity index (χ3v) is 4.11. The number of β-amino-alcohol motifs (C(OH)–C–C–N with tert-alkyl or cyclic N) is 1. The van der Waals surface area contributed by atoms with Gasteiger partial charge in [-0.05, 0) is 29.7 Å². The first-order valence-electron chi connectivity index (χ1n) is 7.82. The van der Waals surface area contributed by atoms with Crippen molar-refractivity contribution in [2.75, 3.05) is 25.0 Å². The van der Waals surface area contributed by atoms with Crippen LogP contribution in [0, 0.1) is 11.3 Å². The Morgan fingerprint density at radius 2 is 2.09 bits per heavy atom. The molecule has 0 radical (unpaired) electrons. The second kappa shape index (κ2) is 7.23. The summed E-state index contributed by atoms with van der Waals surface area (Å²) in [6.07, 6.45) is 2.15. The van der Waals surface area contributed by atoms with Crippen LogP contribution in [-0.2, 0) is 13.0 Å². The maximum absolute atomic E-state index is 10.3. The van der Waals surface area contributed by atoms with Crippen LogP contribution in [0.25, 0.3) is 0 Å². The van der Waals surface area contributed by atoms with Crippen molar-refractivity contribution in [2.45, 2.75) is 19.1 Å². The summed E-state index contributed by atoms with van der Waals surface area (Å²) in [6.45, 7) is 2.82. The minimum atomic E-state index is -0.506. The minimum Gasteiger partial charge on any atom is -0.390 e. The molecule has 0 unspecified atom stereocenters. The van der Waals surface area contributed by atoms with E-state index in [2.05, 4.69) is 45.5 Å². The molecule has 5 heteroatoms. The summed E-state index contributed by atoms with van der Waals surface area (Å²) in [5, 5.41) is 22.4. The van der Waals surface area contributed by atoms with Crippen molar-refractivity contribution in [3.63, 3.8) is 0 Å². The maximum Gasteiger partial charge on any atom is 0.143 e. The number of pyridine rings is 1. The summed E-state index contributed by atoms with van der Waals surface area (Å²) in [5.41, 5.74) is 3.24. The molecule has 0 spiro atoms. The van der Waals surface area contributed by atoms with E-state index in [1.54, 1.807) is 18.3 Å². The van der Waals surface area contributed by atoms with Gasteiger partial charge in [0.1, 0.15) is 11.9 Å². The van der Waals surface area contributed by atoms with Gasteiger partial charge in [0.25, 0.3) is 0 Å². The number of nitrogens with zero attached hydrogens (tertiary/aromatic N) is 3. The molecule has 0 fully saturated rings. The lowest BCUT2D eigenvalue weighted by atomic mass is 10.00. The highest BCUT2D eigenvalue weighted by molar-refractivity contribution is 5.51. The van der Waals surface area contributed by atoms with Gasteiger partial charge in [-0.15, -0.1) is 0 Å². The number of nitriles is 1. The third-order valence-electron chi connectivity index (χ3n) is 4.11. The summed E-state index contributed by atoms with van der Waals surface area (Å²) in [6, 6.07) is 14.0. The lowest BCUT2D eigenvalue weighted by Crippen LogP contribution is -2.39. The molecular formula is C18H20N4O. The van der Waals surface area contributed by atoms with E-state index >= 15 is 0 Å². The topological polar surface area (TPSA) is 72.2 Å². The Hall–Kier alpha value is -2.42. The van der Waals surface area contributed by atoms with Crippen LogP contribution in [0.2, 0.25) is 0 Å². The largest absolute Gasteiger partial charge is 0.390 e. The molecule has 5 nitrogen and oxygen atoms in total. The van der Waals surface area contributed by atoms with Gasteiger partial charge in [0, 0.05) is 32.4 Å². The van der Waals surface area contributed by atoms with E-state index in [0.717, 1.165) is 19.5 Å². The number of aliphatic hydroxyl groups is 1. The predicted octanol–water partition coefficient (Wildman–Crippen LogP) is 1.78. The molecule has 1 aliphatic rings. The second-order valence-electron chi connectivity index (χ2n) is 5.80. The van der Waals surface area contributed by atoms with Gasteiger partial charge in [0.2, 0.25) is 0 Å². The Balaban J connectivity index is 1.52. The van der Waals surface area contributed by atoms with E-state index < -0.39 is 6.10 Å². The quantitative estimate of drug-likeness (QED) is 0.881. The first-order valence-corrected chi connectivity index (χ1v) is 7.82. The number of fused-ring (bicyclic) bond motifs is 1. The Morgan fingerprint density at radius 3 is 2.91 bits per heavy atom. The SMILES string of the molecule is N#Cc1cccnc1NC[C@H](O)CN1CCc2ccccc2C1. The third kappa shape index (κ3) is 3.86. The van der Waals surface area contributed by atoms with Crippen LogP contribution in [-0.4, -0.2) is 40.7 Å². The van der Waals surface area contributed by atoms with Crippen LogP contribution >= 0.6 is 0 Å². The molecule has 23 heavy (non-hydrogen) atoms. The van der Waals surface area contributed by atoms with E-state index in [9.17, 15) is 5.11 Å². The average molecular weight is 308 g/mol. The fourth-order valence-electron chi connectivity index (χ4n) is 2.92. The van der Waals surface area contributed by atoms with E-state index in [1.165, 1.54) is 11.1 Å². The van der Waals surface area contributed by atoms with Crippen molar-refractivity contribution in [1.29, 1.82) is 5.26 Å². The highest BCUT2D eigenvalue weighted by Gasteiger charge is 2.18. The summed E-state index contributed by atoms with van der Waals surface area (Å²) < 4.78 is 0. The molecular weight excluding hydrogens is 288 g/mol. The zero-order valence-electron chi connectivity index (χ0n) is 12.9. The van der Waals surface area contributed by atoms with Gasteiger partial charge >= 0.3 is 0 Å². The van der Waals surface area contributed by atoms with Gasteiger partial charge < -0.3 is 10.4 Å². The Kier molecular flexibility index (Phi) is 4.86. The van der Waals surface area contributed by atoms with E-state index in [4.69, 9.17) is 5.26 Å².